The van der Waals surface area contributed by atoms with Crippen molar-refractivity contribution in [1.82, 2.24) is 4.57 Å². The maximum absolute atomic E-state index is 14.3. The lowest BCUT2D eigenvalue weighted by atomic mass is 9.98. The van der Waals surface area contributed by atoms with Gasteiger partial charge in [0.25, 0.3) is 5.56 Å². The molecule has 0 aliphatic carbocycles. The molecule has 1 aromatic carbocycles. The highest BCUT2D eigenvalue weighted by molar-refractivity contribution is 14.1. The molecule has 7 nitrogen and oxygen atoms in total. The highest BCUT2D eigenvalue weighted by Gasteiger charge is 2.35. The lowest BCUT2D eigenvalue weighted by Crippen LogP contribution is -2.27. The Hall–Kier alpha value is -2.43. The molecule has 27 heavy (non-hydrogen) atoms. The molecule has 2 aromatic rings. The smallest absolute Gasteiger partial charge is 0.342 e. The number of nitrogens with one attached hydrogen (secondary N) is 1. The lowest BCUT2D eigenvalue weighted by molar-refractivity contribution is -0.119. The highest BCUT2D eigenvalue weighted by Crippen LogP contribution is 2.34. The number of fused-ring (bicyclic) bond motifs is 1. The van der Waals surface area contributed by atoms with Gasteiger partial charge in [-0.3, -0.25) is 9.59 Å². The molecule has 142 valence electrons. The van der Waals surface area contributed by atoms with Gasteiger partial charge in [0.15, 0.2) is 0 Å². The molecule has 1 atom stereocenters. The van der Waals surface area contributed by atoms with Crippen LogP contribution in [0.5, 0.6) is 0 Å². The minimum absolute atomic E-state index is 0.0238. The number of hydrogen-bond acceptors (Lipinski definition) is 5. The largest absolute Gasteiger partial charge is 0.462 e. The Labute approximate surface area is 167 Å². The minimum atomic E-state index is -0.791. The van der Waals surface area contributed by atoms with Crippen molar-refractivity contribution in [2.75, 3.05) is 11.9 Å². The third-order valence-electron chi connectivity index (χ3n) is 4.35. The zero-order valence-electron chi connectivity index (χ0n) is 14.4. The van der Waals surface area contributed by atoms with Crippen molar-refractivity contribution in [2.45, 2.75) is 25.8 Å². The summed E-state index contributed by atoms with van der Waals surface area (Å²) in [4.78, 5) is 36.9. The third-order valence-corrected chi connectivity index (χ3v) is 5.02. The first kappa shape index (κ1) is 19.3. The topological polar surface area (TPSA) is 103 Å². The van der Waals surface area contributed by atoms with Crippen molar-refractivity contribution in [2.24, 2.45) is 5.73 Å². The average molecular weight is 485 g/mol. The minimum Gasteiger partial charge on any atom is -0.462 e. The number of nitrogens with zero attached hydrogens (tertiary/aromatic N) is 1. The molecule has 3 rings (SSSR count). The standard InChI is InChI=1S/C18H17FIN3O4/c1-2-27-18(26)15-13(22-12-4-3-9(20)7-11(12)19)8-14(24)23-6-5-10(16(15)23)17(21)25/h3-4,7-8,10,22H,2,5-6H2,1H3,(H2,21,25). The van der Waals surface area contributed by atoms with E-state index in [1.165, 1.54) is 22.8 Å². The first-order valence-corrected chi connectivity index (χ1v) is 9.37. The monoisotopic (exact) mass is 485 g/mol. The maximum Gasteiger partial charge on any atom is 0.342 e. The molecule has 2 heterocycles. The quantitative estimate of drug-likeness (QED) is 0.501. The molecule has 0 saturated heterocycles. The number of halogens is 2. The van der Waals surface area contributed by atoms with Crippen LogP contribution in [0.4, 0.5) is 15.8 Å². The summed E-state index contributed by atoms with van der Waals surface area (Å²) in [6.07, 6.45) is 0.318. The Morgan fingerprint density at radius 1 is 1.37 bits per heavy atom. The number of rotatable bonds is 5. The molecule has 1 unspecified atom stereocenters. The van der Waals surface area contributed by atoms with E-state index in [9.17, 15) is 18.8 Å². The molecule has 0 saturated carbocycles. The van der Waals surface area contributed by atoms with E-state index in [1.807, 2.05) is 22.6 Å². The van der Waals surface area contributed by atoms with Crippen molar-refractivity contribution < 1.29 is 18.7 Å². The van der Waals surface area contributed by atoms with E-state index in [-0.39, 0.29) is 35.8 Å². The fourth-order valence-corrected chi connectivity index (χ4v) is 3.64. The van der Waals surface area contributed by atoms with Crippen LogP contribution in [-0.2, 0) is 16.1 Å². The zero-order valence-corrected chi connectivity index (χ0v) is 16.6. The van der Waals surface area contributed by atoms with Gasteiger partial charge in [0.2, 0.25) is 5.91 Å². The van der Waals surface area contributed by atoms with Gasteiger partial charge >= 0.3 is 5.97 Å². The van der Waals surface area contributed by atoms with Crippen molar-refractivity contribution in [3.63, 3.8) is 0 Å². The van der Waals surface area contributed by atoms with Gasteiger partial charge in [-0.25, -0.2) is 9.18 Å². The number of carbonyl (C=O) groups excluding carboxylic acids is 2. The normalized spacial score (nSPS) is 15.3. The number of benzene rings is 1. The molecule has 1 aliphatic rings. The average Bonchev–Trinajstić information content (AvgIpc) is 3.03. The van der Waals surface area contributed by atoms with Gasteiger partial charge in [-0.05, 0) is 54.1 Å². The summed E-state index contributed by atoms with van der Waals surface area (Å²) in [6.45, 7) is 2.02. The summed E-state index contributed by atoms with van der Waals surface area (Å²) >= 11 is 1.97. The van der Waals surface area contributed by atoms with Gasteiger partial charge < -0.3 is 20.4 Å². The number of nitrogens with two attached hydrogens (primary N) is 1. The van der Waals surface area contributed by atoms with Crippen LogP contribution in [-0.4, -0.2) is 23.1 Å². The van der Waals surface area contributed by atoms with Crippen LogP contribution in [0.3, 0.4) is 0 Å². The number of aromatic nitrogens is 1. The zero-order chi connectivity index (χ0) is 19.7. The SMILES string of the molecule is CCOC(=O)c1c(Nc2ccc(I)cc2F)cc(=O)n2c1C(C(N)=O)CC2. The van der Waals surface area contributed by atoms with Crippen LogP contribution < -0.4 is 16.6 Å². The second-order valence-corrected chi connectivity index (χ2v) is 7.27. The summed E-state index contributed by atoms with van der Waals surface area (Å²) in [5.41, 5.74) is 5.47. The fraction of sp³-hybridized carbons (Fsp3) is 0.278. The number of hydrogen-bond donors (Lipinski definition) is 2. The molecular weight excluding hydrogens is 468 g/mol. The van der Waals surface area contributed by atoms with Crippen LogP contribution >= 0.6 is 22.6 Å². The fourth-order valence-electron chi connectivity index (χ4n) is 3.18. The summed E-state index contributed by atoms with van der Waals surface area (Å²) in [5, 5.41) is 2.79. The Balaban J connectivity index is 2.20. The molecule has 3 N–H and O–H groups in total. The molecule has 0 fully saturated rings. The van der Waals surface area contributed by atoms with Crippen LogP contribution in [0.2, 0.25) is 0 Å². The number of esters is 1. The van der Waals surface area contributed by atoms with E-state index in [0.717, 1.165) is 0 Å². The van der Waals surface area contributed by atoms with Gasteiger partial charge in [-0.1, -0.05) is 0 Å². The van der Waals surface area contributed by atoms with Crippen LogP contribution in [0.25, 0.3) is 0 Å². The predicted molar refractivity (Wildman–Crippen MR) is 106 cm³/mol. The molecule has 9 heteroatoms. The Morgan fingerprint density at radius 3 is 2.74 bits per heavy atom. The van der Waals surface area contributed by atoms with E-state index in [1.54, 1.807) is 13.0 Å². The van der Waals surface area contributed by atoms with Crippen LogP contribution in [0.15, 0.2) is 29.1 Å². The second-order valence-electron chi connectivity index (χ2n) is 6.02. The van der Waals surface area contributed by atoms with E-state index >= 15 is 0 Å². The van der Waals surface area contributed by atoms with Crippen molar-refractivity contribution in [3.8, 4) is 0 Å². The number of carbonyl (C=O) groups is 2. The number of ether oxygens (including phenoxy) is 1. The number of primary amides is 1. The second kappa shape index (κ2) is 7.67. The number of pyridine rings is 1. The first-order valence-electron chi connectivity index (χ1n) is 8.29. The molecule has 1 aromatic heterocycles. The summed E-state index contributed by atoms with van der Waals surface area (Å²) < 4.78 is 21.4. The Kier molecular flexibility index (Phi) is 5.49. The van der Waals surface area contributed by atoms with Gasteiger partial charge in [0.05, 0.1) is 29.6 Å². The third kappa shape index (κ3) is 3.68. The van der Waals surface area contributed by atoms with Gasteiger partial charge in [-0.15, -0.1) is 0 Å². The molecule has 0 bridgehead atoms. The molecule has 0 spiro atoms. The Morgan fingerprint density at radius 2 is 2.11 bits per heavy atom. The van der Waals surface area contributed by atoms with Crippen molar-refractivity contribution in [3.05, 3.63) is 55.3 Å². The predicted octanol–water partition coefficient (Wildman–Crippen LogP) is 2.48. The van der Waals surface area contributed by atoms with Crippen LogP contribution in [0, 0.1) is 9.39 Å². The summed E-state index contributed by atoms with van der Waals surface area (Å²) in [5.74, 6) is -2.67. The molecular formula is C18H17FIN3O4. The highest BCUT2D eigenvalue weighted by atomic mass is 127. The van der Waals surface area contributed by atoms with Gasteiger partial charge in [-0.2, -0.15) is 0 Å². The first-order chi connectivity index (χ1) is 12.8. The lowest BCUT2D eigenvalue weighted by Gasteiger charge is -2.18. The van der Waals surface area contributed by atoms with Crippen LogP contribution in [0.1, 0.15) is 35.3 Å². The molecule has 1 aliphatic heterocycles. The van der Waals surface area contributed by atoms with Gasteiger partial charge in [0, 0.05) is 16.2 Å². The van der Waals surface area contributed by atoms with E-state index in [2.05, 4.69) is 5.32 Å². The number of amides is 1. The van der Waals surface area contributed by atoms with Crippen molar-refractivity contribution >= 4 is 45.8 Å². The maximum atomic E-state index is 14.3. The molecule has 0 radical (unpaired) electrons. The van der Waals surface area contributed by atoms with E-state index in [0.29, 0.717) is 9.99 Å². The molecule has 1 amide bonds. The summed E-state index contributed by atoms with van der Waals surface area (Å²) in [6, 6.07) is 5.71. The van der Waals surface area contributed by atoms with E-state index < -0.39 is 29.2 Å². The summed E-state index contributed by atoms with van der Waals surface area (Å²) in [7, 11) is 0. The van der Waals surface area contributed by atoms with E-state index in [4.69, 9.17) is 10.5 Å². The van der Waals surface area contributed by atoms with Gasteiger partial charge in [0.1, 0.15) is 11.4 Å². The Bertz CT molecular complexity index is 989. The van der Waals surface area contributed by atoms with Crippen molar-refractivity contribution in [1.29, 1.82) is 0 Å². The number of anilines is 2.